The summed E-state index contributed by atoms with van der Waals surface area (Å²) in [5.74, 6) is 3.78. The first kappa shape index (κ1) is 17.4. The zero-order chi connectivity index (χ0) is 17.1. The minimum absolute atomic E-state index is 0.547. The molecule has 1 aliphatic carbocycles. The summed E-state index contributed by atoms with van der Waals surface area (Å²) in [5, 5.41) is 9.12. The minimum atomic E-state index is 0.547. The van der Waals surface area contributed by atoms with Crippen molar-refractivity contribution in [3.63, 3.8) is 0 Å². The van der Waals surface area contributed by atoms with Gasteiger partial charge in [-0.2, -0.15) is 0 Å². The first-order valence-electron chi connectivity index (χ1n) is 10.2. The molecule has 0 radical (unpaired) electrons. The van der Waals surface area contributed by atoms with Crippen LogP contribution in [0, 0.1) is 5.92 Å². The molecule has 6 heteroatoms. The molecule has 3 fully saturated rings. The molecule has 0 amide bonds. The Morgan fingerprint density at radius 2 is 1.76 bits per heavy atom. The van der Waals surface area contributed by atoms with Crippen LogP contribution in [0.3, 0.4) is 0 Å². The number of nitrogens with zero attached hydrogens (tertiary/aromatic N) is 5. The highest BCUT2D eigenvalue weighted by atomic mass is 16.5. The van der Waals surface area contributed by atoms with Crippen molar-refractivity contribution < 1.29 is 4.74 Å². The summed E-state index contributed by atoms with van der Waals surface area (Å²) in [6.07, 6.45) is 8.31. The first-order valence-corrected chi connectivity index (χ1v) is 10.2. The van der Waals surface area contributed by atoms with Gasteiger partial charge < -0.3 is 14.2 Å². The van der Waals surface area contributed by atoms with Gasteiger partial charge in [-0.25, -0.2) is 0 Å². The molecular formula is C19H33N5O. The van der Waals surface area contributed by atoms with E-state index in [2.05, 4.69) is 31.6 Å². The maximum Gasteiger partial charge on any atom is 0.146 e. The molecule has 3 aliphatic rings. The van der Waals surface area contributed by atoms with E-state index in [1.165, 1.54) is 64.0 Å². The number of rotatable bonds is 5. The smallest absolute Gasteiger partial charge is 0.146 e. The quantitative estimate of drug-likeness (QED) is 0.815. The van der Waals surface area contributed by atoms with Crippen LogP contribution in [0.25, 0.3) is 0 Å². The lowest BCUT2D eigenvalue weighted by atomic mass is 9.95. The molecule has 25 heavy (non-hydrogen) atoms. The Hall–Kier alpha value is -0.980. The number of hydrogen-bond donors (Lipinski definition) is 0. The third-order valence-corrected chi connectivity index (χ3v) is 6.33. The molecule has 0 bridgehead atoms. The standard InChI is InChI=1S/C19H33N5O/c1-22-18(15-23-9-11-25-12-10-23)20-21-19(22)17-7-4-8-24(14-17)13-16-5-2-3-6-16/h16-17H,2-15H2,1H3/t17-/m1/s1. The van der Waals surface area contributed by atoms with Crippen LogP contribution in [0.5, 0.6) is 0 Å². The van der Waals surface area contributed by atoms with Crippen LogP contribution in [-0.4, -0.2) is 70.5 Å². The third kappa shape index (κ3) is 4.23. The Balaban J connectivity index is 1.37. The van der Waals surface area contributed by atoms with Crippen LogP contribution in [0.2, 0.25) is 0 Å². The lowest BCUT2D eigenvalue weighted by molar-refractivity contribution is 0.0326. The number of likely N-dealkylation sites (tertiary alicyclic amines) is 1. The molecule has 2 saturated heterocycles. The summed E-state index contributed by atoms with van der Waals surface area (Å²) in [6, 6.07) is 0. The fourth-order valence-electron chi connectivity index (χ4n) is 4.82. The Kier molecular flexibility index (Phi) is 5.68. The maximum atomic E-state index is 5.44. The number of morpholine rings is 1. The predicted octanol–water partition coefficient (Wildman–Crippen LogP) is 2.02. The topological polar surface area (TPSA) is 46.4 Å². The summed E-state index contributed by atoms with van der Waals surface area (Å²) in [7, 11) is 2.15. The van der Waals surface area contributed by atoms with E-state index in [-0.39, 0.29) is 0 Å². The van der Waals surface area contributed by atoms with Crippen molar-refractivity contribution in [2.24, 2.45) is 13.0 Å². The first-order chi connectivity index (χ1) is 12.3. The number of ether oxygens (including phenoxy) is 1. The van der Waals surface area contributed by atoms with Crippen LogP contribution in [0.1, 0.15) is 56.1 Å². The van der Waals surface area contributed by atoms with Crippen LogP contribution in [-0.2, 0) is 18.3 Å². The van der Waals surface area contributed by atoms with Gasteiger partial charge in [0.2, 0.25) is 0 Å². The van der Waals surface area contributed by atoms with Crippen molar-refractivity contribution >= 4 is 0 Å². The molecule has 1 atom stereocenters. The molecule has 0 unspecified atom stereocenters. The number of piperidine rings is 1. The van der Waals surface area contributed by atoms with Gasteiger partial charge in [-0.3, -0.25) is 4.90 Å². The molecule has 4 rings (SSSR count). The van der Waals surface area contributed by atoms with Gasteiger partial charge >= 0.3 is 0 Å². The molecule has 1 aromatic rings. The average Bonchev–Trinajstić information content (AvgIpc) is 3.27. The monoisotopic (exact) mass is 347 g/mol. The van der Waals surface area contributed by atoms with Crippen molar-refractivity contribution in [2.45, 2.75) is 51.0 Å². The van der Waals surface area contributed by atoms with Gasteiger partial charge in [0.15, 0.2) is 0 Å². The summed E-state index contributed by atoms with van der Waals surface area (Å²) in [6.45, 7) is 8.31. The molecule has 0 spiro atoms. The molecule has 6 nitrogen and oxygen atoms in total. The van der Waals surface area contributed by atoms with Crippen molar-refractivity contribution in [3.05, 3.63) is 11.6 Å². The Bertz CT molecular complexity index is 548. The van der Waals surface area contributed by atoms with E-state index in [1.54, 1.807) is 0 Å². The summed E-state index contributed by atoms with van der Waals surface area (Å²) in [4.78, 5) is 5.12. The number of aromatic nitrogens is 3. The molecule has 3 heterocycles. The Morgan fingerprint density at radius 1 is 0.960 bits per heavy atom. The summed E-state index contributed by atoms with van der Waals surface area (Å²) >= 11 is 0. The van der Waals surface area contributed by atoms with E-state index in [0.717, 1.165) is 44.6 Å². The van der Waals surface area contributed by atoms with Crippen LogP contribution in [0.4, 0.5) is 0 Å². The van der Waals surface area contributed by atoms with Crippen molar-refractivity contribution in [3.8, 4) is 0 Å². The van der Waals surface area contributed by atoms with Gasteiger partial charge in [-0.1, -0.05) is 12.8 Å². The van der Waals surface area contributed by atoms with Gasteiger partial charge in [-0.05, 0) is 38.1 Å². The predicted molar refractivity (Wildman–Crippen MR) is 97.5 cm³/mol. The van der Waals surface area contributed by atoms with Gasteiger partial charge in [0, 0.05) is 39.1 Å². The van der Waals surface area contributed by atoms with E-state index >= 15 is 0 Å². The Morgan fingerprint density at radius 3 is 2.56 bits per heavy atom. The Labute approximate surface area is 151 Å². The van der Waals surface area contributed by atoms with Crippen LogP contribution >= 0.6 is 0 Å². The van der Waals surface area contributed by atoms with E-state index in [9.17, 15) is 0 Å². The SMILES string of the molecule is Cn1c(CN2CCOCC2)nnc1[C@@H]1CCCN(CC2CCCC2)C1. The van der Waals surface area contributed by atoms with E-state index < -0.39 is 0 Å². The molecule has 1 saturated carbocycles. The zero-order valence-electron chi connectivity index (χ0n) is 15.7. The lowest BCUT2D eigenvalue weighted by Gasteiger charge is -2.33. The van der Waals surface area contributed by atoms with Gasteiger partial charge in [0.25, 0.3) is 0 Å². The van der Waals surface area contributed by atoms with E-state index in [0.29, 0.717) is 5.92 Å². The van der Waals surface area contributed by atoms with Crippen LogP contribution < -0.4 is 0 Å². The number of hydrogen-bond acceptors (Lipinski definition) is 5. The highest BCUT2D eigenvalue weighted by Gasteiger charge is 2.28. The molecule has 140 valence electrons. The minimum Gasteiger partial charge on any atom is -0.379 e. The van der Waals surface area contributed by atoms with E-state index in [4.69, 9.17) is 4.74 Å². The van der Waals surface area contributed by atoms with Crippen molar-refractivity contribution in [1.29, 1.82) is 0 Å². The fourth-order valence-corrected chi connectivity index (χ4v) is 4.82. The normalized spacial score (nSPS) is 27.2. The van der Waals surface area contributed by atoms with E-state index in [1.807, 2.05) is 0 Å². The second kappa shape index (κ2) is 8.14. The molecule has 0 aromatic carbocycles. The van der Waals surface area contributed by atoms with Crippen LogP contribution in [0.15, 0.2) is 0 Å². The zero-order valence-corrected chi connectivity index (χ0v) is 15.7. The maximum absolute atomic E-state index is 5.44. The largest absolute Gasteiger partial charge is 0.379 e. The third-order valence-electron chi connectivity index (χ3n) is 6.33. The lowest BCUT2D eigenvalue weighted by Crippen LogP contribution is -2.38. The van der Waals surface area contributed by atoms with Crippen molar-refractivity contribution in [2.75, 3.05) is 45.9 Å². The summed E-state index contributed by atoms with van der Waals surface area (Å²) in [5.41, 5.74) is 0. The van der Waals surface area contributed by atoms with Gasteiger partial charge in [0.05, 0.1) is 19.8 Å². The van der Waals surface area contributed by atoms with Gasteiger partial charge in [-0.15, -0.1) is 10.2 Å². The van der Waals surface area contributed by atoms with Gasteiger partial charge in [0.1, 0.15) is 11.6 Å². The summed E-state index contributed by atoms with van der Waals surface area (Å²) < 4.78 is 7.71. The molecule has 2 aliphatic heterocycles. The fraction of sp³-hybridized carbons (Fsp3) is 0.895. The second-order valence-electron chi connectivity index (χ2n) is 8.17. The second-order valence-corrected chi connectivity index (χ2v) is 8.17. The highest BCUT2D eigenvalue weighted by Crippen LogP contribution is 2.30. The van der Waals surface area contributed by atoms with Crippen molar-refractivity contribution in [1.82, 2.24) is 24.6 Å². The molecule has 1 aromatic heterocycles. The molecular weight excluding hydrogens is 314 g/mol. The highest BCUT2D eigenvalue weighted by molar-refractivity contribution is 5.04. The average molecular weight is 348 g/mol. The molecule has 0 N–H and O–H groups in total.